The molecular formula is C21H19N3O3. The van der Waals surface area contributed by atoms with Crippen LogP contribution in [0.4, 0.5) is 0 Å². The Morgan fingerprint density at radius 2 is 1.74 bits per heavy atom. The average molecular weight is 361 g/mol. The Morgan fingerprint density at radius 1 is 1.04 bits per heavy atom. The van der Waals surface area contributed by atoms with Gasteiger partial charge in [0.15, 0.2) is 11.5 Å². The largest absolute Gasteiger partial charge is 0.464 e. The first kappa shape index (κ1) is 18.3. The Bertz CT molecular complexity index is 1020. The molecule has 0 aliphatic heterocycles. The molecule has 136 valence electrons. The number of benzene rings is 2. The minimum Gasteiger partial charge on any atom is -0.464 e. The van der Waals surface area contributed by atoms with E-state index in [4.69, 9.17) is 4.74 Å². The number of nitrogens with zero attached hydrogens (tertiary/aromatic N) is 3. The third-order valence-electron chi connectivity index (χ3n) is 4.19. The van der Waals surface area contributed by atoms with E-state index in [0.717, 1.165) is 11.1 Å². The van der Waals surface area contributed by atoms with Gasteiger partial charge in [-0.15, -0.1) is 5.10 Å². The van der Waals surface area contributed by atoms with Gasteiger partial charge in [0.25, 0.3) is 0 Å². The Labute approximate surface area is 157 Å². The van der Waals surface area contributed by atoms with Gasteiger partial charge in [-0.05, 0) is 32.1 Å². The maximum atomic E-state index is 12.4. The maximum Gasteiger partial charge on any atom is 0.360 e. The molecular weight excluding hydrogens is 342 g/mol. The van der Waals surface area contributed by atoms with Crippen molar-refractivity contribution < 1.29 is 14.3 Å². The lowest BCUT2D eigenvalue weighted by Gasteiger charge is -2.07. The van der Waals surface area contributed by atoms with E-state index in [1.165, 1.54) is 13.2 Å². The van der Waals surface area contributed by atoms with Crippen molar-refractivity contribution >= 4 is 17.8 Å². The summed E-state index contributed by atoms with van der Waals surface area (Å²) in [5, 5.41) is 7.96. The van der Waals surface area contributed by atoms with Crippen LogP contribution in [-0.2, 0) is 4.74 Å². The second kappa shape index (κ2) is 7.78. The molecule has 0 N–H and O–H groups in total. The Kier molecular flexibility index (Phi) is 5.26. The van der Waals surface area contributed by atoms with E-state index < -0.39 is 5.97 Å². The fraction of sp³-hybridized carbons (Fsp3) is 0.143. The first-order valence-corrected chi connectivity index (χ1v) is 8.40. The van der Waals surface area contributed by atoms with E-state index in [0.29, 0.717) is 16.9 Å². The number of aromatic nitrogens is 3. The van der Waals surface area contributed by atoms with E-state index in [9.17, 15) is 9.59 Å². The highest BCUT2D eigenvalue weighted by Gasteiger charge is 2.18. The summed E-state index contributed by atoms with van der Waals surface area (Å²) in [6, 6.07) is 14.9. The number of aryl methyl sites for hydroxylation is 1. The third kappa shape index (κ3) is 3.84. The first-order valence-electron chi connectivity index (χ1n) is 8.40. The normalized spacial score (nSPS) is 10.9. The number of rotatable bonds is 5. The van der Waals surface area contributed by atoms with Gasteiger partial charge >= 0.3 is 5.97 Å². The van der Waals surface area contributed by atoms with E-state index in [2.05, 4.69) is 10.3 Å². The van der Waals surface area contributed by atoms with Crippen molar-refractivity contribution in [3.05, 3.63) is 82.7 Å². The Hall–Kier alpha value is -3.54. The van der Waals surface area contributed by atoms with Crippen LogP contribution in [-0.4, -0.2) is 33.9 Å². The minimum absolute atomic E-state index is 0.0876. The van der Waals surface area contributed by atoms with Gasteiger partial charge in [0.2, 0.25) is 0 Å². The zero-order chi connectivity index (χ0) is 19.4. The van der Waals surface area contributed by atoms with Crippen LogP contribution >= 0.6 is 0 Å². The summed E-state index contributed by atoms with van der Waals surface area (Å²) >= 11 is 0. The predicted molar refractivity (Wildman–Crippen MR) is 102 cm³/mol. The van der Waals surface area contributed by atoms with Crippen molar-refractivity contribution in [1.82, 2.24) is 15.0 Å². The molecule has 0 bridgehead atoms. The quantitative estimate of drug-likeness (QED) is 0.395. The number of hydrogen-bond donors (Lipinski definition) is 0. The molecule has 0 saturated carbocycles. The number of ketones is 1. The molecule has 3 rings (SSSR count). The van der Waals surface area contributed by atoms with E-state index in [1.54, 1.807) is 29.8 Å². The van der Waals surface area contributed by atoms with Crippen LogP contribution in [0.5, 0.6) is 0 Å². The second-order valence-electron chi connectivity index (χ2n) is 6.05. The van der Waals surface area contributed by atoms with Crippen LogP contribution in [0.2, 0.25) is 0 Å². The van der Waals surface area contributed by atoms with Crippen molar-refractivity contribution in [1.29, 1.82) is 0 Å². The second-order valence-corrected chi connectivity index (χ2v) is 6.05. The van der Waals surface area contributed by atoms with Crippen LogP contribution in [0, 0.1) is 13.8 Å². The highest BCUT2D eigenvalue weighted by molar-refractivity contribution is 6.07. The van der Waals surface area contributed by atoms with E-state index in [-0.39, 0.29) is 11.5 Å². The molecule has 0 amide bonds. The van der Waals surface area contributed by atoms with Gasteiger partial charge in [0.05, 0.1) is 18.5 Å². The number of ether oxygens (including phenoxy) is 1. The molecule has 0 fully saturated rings. The van der Waals surface area contributed by atoms with Crippen molar-refractivity contribution in [3.8, 4) is 5.69 Å². The number of carbonyl (C=O) groups is 2. The van der Waals surface area contributed by atoms with Crippen LogP contribution < -0.4 is 0 Å². The fourth-order valence-electron chi connectivity index (χ4n) is 2.64. The molecule has 0 atom stereocenters. The number of allylic oxidation sites excluding steroid dienone is 1. The minimum atomic E-state index is -0.540. The van der Waals surface area contributed by atoms with E-state index in [1.807, 2.05) is 43.3 Å². The van der Waals surface area contributed by atoms with Crippen LogP contribution in [0.3, 0.4) is 0 Å². The van der Waals surface area contributed by atoms with Gasteiger partial charge in [-0.25, -0.2) is 9.48 Å². The van der Waals surface area contributed by atoms with Crippen molar-refractivity contribution in [2.45, 2.75) is 13.8 Å². The van der Waals surface area contributed by atoms with Crippen molar-refractivity contribution in [2.24, 2.45) is 0 Å². The lowest BCUT2D eigenvalue weighted by molar-refractivity contribution is 0.0593. The SMILES string of the molecule is COC(=O)c1nnn(-c2ccccc2/C=C/C(=O)c2ccc(C)cc2)c1C. The molecule has 1 heterocycles. The van der Waals surface area contributed by atoms with Crippen molar-refractivity contribution in [2.75, 3.05) is 7.11 Å². The van der Waals surface area contributed by atoms with Gasteiger partial charge in [-0.1, -0.05) is 53.2 Å². The molecule has 0 aliphatic carbocycles. The first-order chi connectivity index (χ1) is 13.0. The van der Waals surface area contributed by atoms with Crippen LogP contribution in [0.1, 0.15) is 37.7 Å². The summed E-state index contributed by atoms with van der Waals surface area (Å²) in [6.45, 7) is 3.72. The van der Waals surface area contributed by atoms with Gasteiger partial charge in [0, 0.05) is 11.1 Å². The molecule has 2 aromatic carbocycles. The third-order valence-corrected chi connectivity index (χ3v) is 4.19. The summed E-state index contributed by atoms with van der Waals surface area (Å²) < 4.78 is 6.28. The van der Waals surface area contributed by atoms with Gasteiger partial charge in [0.1, 0.15) is 0 Å². The fourth-order valence-corrected chi connectivity index (χ4v) is 2.64. The molecule has 3 aromatic rings. The molecule has 0 unspecified atom stereocenters. The summed E-state index contributed by atoms with van der Waals surface area (Å²) in [6.07, 6.45) is 3.26. The van der Waals surface area contributed by atoms with Crippen molar-refractivity contribution in [3.63, 3.8) is 0 Å². The van der Waals surface area contributed by atoms with Crippen LogP contribution in [0.15, 0.2) is 54.6 Å². The van der Waals surface area contributed by atoms with Gasteiger partial charge in [-0.2, -0.15) is 0 Å². The number of hydrogen-bond acceptors (Lipinski definition) is 5. The molecule has 0 aliphatic rings. The predicted octanol–water partition coefficient (Wildman–Crippen LogP) is 3.57. The Morgan fingerprint density at radius 3 is 2.44 bits per heavy atom. The summed E-state index contributed by atoms with van der Waals surface area (Å²) in [4.78, 5) is 24.2. The number of esters is 1. The zero-order valence-corrected chi connectivity index (χ0v) is 15.3. The lowest BCUT2D eigenvalue weighted by atomic mass is 10.1. The smallest absolute Gasteiger partial charge is 0.360 e. The molecule has 0 saturated heterocycles. The zero-order valence-electron chi connectivity index (χ0n) is 15.3. The molecule has 0 radical (unpaired) electrons. The molecule has 6 nitrogen and oxygen atoms in total. The summed E-state index contributed by atoms with van der Waals surface area (Å²) in [5.41, 5.74) is 3.94. The highest BCUT2D eigenvalue weighted by atomic mass is 16.5. The topological polar surface area (TPSA) is 74.1 Å². The van der Waals surface area contributed by atoms with E-state index >= 15 is 0 Å². The van der Waals surface area contributed by atoms with Crippen LogP contribution in [0.25, 0.3) is 11.8 Å². The average Bonchev–Trinajstić information content (AvgIpc) is 3.07. The molecule has 0 spiro atoms. The number of para-hydroxylation sites is 1. The molecule has 1 aromatic heterocycles. The number of carbonyl (C=O) groups excluding carboxylic acids is 2. The standard InChI is InChI=1S/C21H19N3O3/c1-14-8-10-17(11-9-14)19(25)13-12-16-6-4-5-7-18(16)24-15(2)20(22-23-24)21(26)27-3/h4-13H,1-3H3/b13-12+. The van der Waals surface area contributed by atoms with Gasteiger partial charge in [-0.3, -0.25) is 4.79 Å². The molecule has 6 heteroatoms. The number of methoxy groups -OCH3 is 1. The monoisotopic (exact) mass is 361 g/mol. The van der Waals surface area contributed by atoms with Gasteiger partial charge < -0.3 is 4.74 Å². The Balaban J connectivity index is 1.93. The highest BCUT2D eigenvalue weighted by Crippen LogP contribution is 2.19. The summed E-state index contributed by atoms with van der Waals surface area (Å²) in [5.74, 6) is -0.628. The lowest BCUT2D eigenvalue weighted by Crippen LogP contribution is -2.06. The maximum absolute atomic E-state index is 12.4. The molecule has 27 heavy (non-hydrogen) atoms. The summed E-state index contributed by atoms with van der Waals surface area (Å²) in [7, 11) is 1.30.